The minimum absolute atomic E-state index is 0.276. The van der Waals surface area contributed by atoms with Crippen LogP contribution in [0.15, 0.2) is 35.7 Å². The van der Waals surface area contributed by atoms with Crippen molar-refractivity contribution in [1.29, 1.82) is 0 Å². The Bertz CT molecular complexity index is 1400. The minimum Gasteiger partial charge on any atom is -0.350 e. The molecule has 0 radical (unpaired) electrons. The Morgan fingerprint density at radius 1 is 0.917 bits per heavy atom. The first kappa shape index (κ1) is 29.3. The van der Waals surface area contributed by atoms with Crippen molar-refractivity contribution < 1.29 is 39.9 Å². The van der Waals surface area contributed by atoms with Crippen molar-refractivity contribution in [2.24, 2.45) is 0 Å². The Hall–Kier alpha value is -2.98. The lowest BCUT2D eigenvalue weighted by molar-refractivity contribution is 0.0947. The lowest BCUT2D eigenvalue weighted by Gasteiger charge is -2.11. The summed E-state index contributed by atoms with van der Waals surface area (Å²) in [4.78, 5) is 29.1. The second-order valence-corrected chi connectivity index (χ2v) is 11.0. The summed E-state index contributed by atoms with van der Waals surface area (Å²) in [5.41, 5.74) is 0.263. The Balaban J connectivity index is 0.00000222. The van der Waals surface area contributed by atoms with E-state index in [9.17, 15) is 30.8 Å². The lowest BCUT2D eigenvalue weighted by atomic mass is 10.0. The molecule has 0 spiro atoms. The van der Waals surface area contributed by atoms with Gasteiger partial charge in [-0.05, 0) is 40.8 Å². The van der Waals surface area contributed by atoms with Gasteiger partial charge in [0.1, 0.15) is 17.2 Å². The van der Waals surface area contributed by atoms with E-state index < -0.39 is 62.5 Å². The number of hydrogen-bond acceptors (Lipinski definition) is 8. The fraction of sp³-hybridized carbons (Fsp3) is 0.286. The molecule has 2 heterocycles. The molecule has 0 aliphatic rings. The highest BCUT2D eigenvalue weighted by molar-refractivity contribution is 7.86. The van der Waals surface area contributed by atoms with Crippen molar-refractivity contribution in [2.75, 3.05) is 24.6 Å². The summed E-state index contributed by atoms with van der Waals surface area (Å²) in [6.07, 6.45) is 0. The molecule has 4 N–H and O–H groups in total. The van der Waals surface area contributed by atoms with Crippen molar-refractivity contribution in [2.45, 2.75) is 13.8 Å². The highest BCUT2D eigenvalue weighted by Crippen LogP contribution is 2.34. The van der Waals surface area contributed by atoms with E-state index >= 15 is 0 Å². The maximum atomic E-state index is 14.1. The number of nitrogens with zero attached hydrogens (tertiary/aromatic N) is 1. The molecular weight excluding hydrogens is 537 g/mol. The quantitative estimate of drug-likeness (QED) is 0.285. The van der Waals surface area contributed by atoms with Crippen LogP contribution in [-0.2, 0) is 20.2 Å². The summed E-state index contributed by atoms with van der Waals surface area (Å²) < 4.78 is 75.8. The number of thiophene rings is 1. The SMILES string of the molecule is CC.O=C(NCCS(=O)(=O)O)c1cc(-c2ccc(F)c3ccsc23)cc(C(=O)NCCS(=O)(=O)O)n1. The fourth-order valence-corrected chi connectivity index (χ4v) is 4.61. The zero-order chi connectivity index (χ0) is 27.1. The first-order valence-corrected chi connectivity index (χ1v) is 14.6. The van der Waals surface area contributed by atoms with Gasteiger partial charge in [0.2, 0.25) is 0 Å². The number of nitrogens with one attached hydrogen (secondary N) is 2. The van der Waals surface area contributed by atoms with Crippen LogP contribution in [-0.4, -0.2) is 67.3 Å². The van der Waals surface area contributed by atoms with Crippen LogP contribution in [0.25, 0.3) is 21.2 Å². The van der Waals surface area contributed by atoms with Crippen molar-refractivity contribution >= 4 is 53.5 Å². The summed E-state index contributed by atoms with van der Waals surface area (Å²) in [6, 6.07) is 6.91. The largest absolute Gasteiger partial charge is 0.350 e. The van der Waals surface area contributed by atoms with Gasteiger partial charge < -0.3 is 10.6 Å². The summed E-state index contributed by atoms with van der Waals surface area (Å²) in [6.45, 7) is 3.15. The topological polar surface area (TPSA) is 180 Å². The van der Waals surface area contributed by atoms with Crippen LogP contribution in [0, 0.1) is 5.82 Å². The number of carbonyl (C=O) groups is 2. The van der Waals surface area contributed by atoms with Crippen LogP contribution in [0.2, 0.25) is 0 Å². The third kappa shape index (κ3) is 8.30. The Morgan fingerprint density at radius 2 is 1.42 bits per heavy atom. The first-order chi connectivity index (χ1) is 16.8. The molecule has 0 atom stereocenters. The number of pyridine rings is 1. The van der Waals surface area contributed by atoms with Crippen molar-refractivity contribution in [1.82, 2.24) is 15.6 Å². The third-order valence-electron chi connectivity index (χ3n) is 4.46. The molecule has 1 aromatic carbocycles. The highest BCUT2D eigenvalue weighted by Gasteiger charge is 2.19. The zero-order valence-electron chi connectivity index (χ0n) is 19.2. The van der Waals surface area contributed by atoms with E-state index in [1.165, 1.54) is 35.6 Å². The van der Waals surface area contributed by atoms with Gasteiger partial charge in [0.15, 0.2) is 0 Å². The van der Waals surface area contributed by atoms with Gasteiger partial charge in [-0.3, -0.25) is 18.7 Å². The fourth-order valence-electron chi connectivity index (χ4n) is 2.94. The van der Waals surface area contributed by atoms with Crippen LogP contribution >= 0.6 is 11.3 Å². The molecule has 196 valence electrons. The molecule has 0 aliphatic heterocycles. The number of amides is 2. The van der Waals surface area contributed by atoms with Crippen LogP contribution in [0.1, 0.15) is 34.8 Å². The molecule has 0 bridgehead atoms. The molecule has 3 aromatic rings. The van der Waals surface area contributed by atoms with Gasteiger partial charge in [-0.15, -0.1) is 11.3 Å². The van der Waals surface area contributed by atoms with Gasteiger partial charge in [-0.1, -0.05) is 19.9 Å². The van der Waals surface area contributed by atoms with Crippen molar-refractivity contribution in [3.05, 3.63) is 52.9 Å². The Morgan fingerprint density at radius 3 is 1.89 bits per heavy atom. The standard InChI is InChI=1S/C19H18FN3O8S3.C2H6/c20-14-2-1-12(17-13(14)3-6-32-17)11-9-15(18(24)21-4-7-33(26,27)28)23-16(10-11)19(25)22-5-8-34(29,30)31;1-2/h1-3,6,9-10H,4-5,7-8H2,(H,21,24)(H,22,25)(H,26,27,28)(H,29,30,31);1-2H3. The second-order valence-electron chi connectivity index (χ2n) is 6.97. The normalized spacial score (nSPS) is 11.5. The van der Waals surface area contributed by atoms with Crippen LogP contribution < -0.4 is 10.6 Å². The number of fused-ring (bicyclic) bond motifs is 1. The molecular formula is C21H24FN3O8S3. The van der Waals surface area contributed by atoms with E-state index in [0.717, 1.165) is 0 Å². The van der Waals surface area contributed by atoms with Gasteiger partial charge in [0.05, 0.1) is 11.5 Å². The molecule has 36 heavy (non-hydrogen) atoms. The van der Waals surface area contributed by atoms with Gasteiger partial charge >= 0.3 is 0 Å². The third-order valence-corrected chi connectivity index (χ3v) is 6.84. The van der Waals surface area contributed by atoms with Crippen molar-refractivity contribution in [3.8, 4) is 11.1 Å². The maximum absolute atomic E-state index is 14.1. The van der Waals surface area contributed by atoms with Gasteiger partial charge in [0, 0.05) is 23.2 Å². The van der Waals surface area contributed by atoms with E-state index in [-0.39, 0.29) is 11.4 Å². The van der Waals surface area contributed by atoms with Crippen LogP contribution in [0.4, 0.5) is 4.39 Å². The molecule has 0 unspecified atom stereocenters. The molecule has 11 nitrogen and oxygen atoms in total. The number of halogens is 1. The van der Waals surface area contributed by atoms with E-state index in [1.54, 1.807) is 11.4 Å². The molecule has 0 fully saturated rings. The molecule has 0 saturated carbocycles. The monoisotopic (exact) mass is 561 g/mol. The summed E-state index contributed by atoms with van der Waals surface area (Å²) in [7, 11) is -8.64. The van der Waals surface area contributed by atoms with E-state index in [2.05, 4.69) is 15.6 Å². The molecule has 15 heteroatoms. The van der Waals surface area contributed by atoms with Gasteiger partial charge in [-0.25, -0.2) is 9.37 Å². The molecule has 3 rings (SSSR count). The molecule has 0 saturated heterocycles. The number of aromatic nitrogens is 1. The average Bonchev–Trinajstić information content (AvgIpc) is 3.29. The molecule has 0 aliphatic carbocycles. The van der Waals surface area contributed by atoms with Gasteiger partial charge in [0.25, 0.3) is 32.1 Å². The zero-order valence-corrected chi connectivity index (χ0v) is 21.6. The average molecular weight is 562 g/mol. The number of carbonyl (C=O) groups excluding carboxylic acids is 2. The van der Waals surface area contributed by atoms with E-state index in [0.29, 0.717) is 21.2 Å². The number of hydrogen-bond donors (Lipinski definition) is 4. The smallest absolute Gasteiger partial charge is 0.269 e. The maximum Gasteiger partial charge on any atom is 0.269 e. The van der Waals surface area contributed by atoms with Gasteiger partial charge in [-0.2, -0.15) is 16.8 Å². The highest BCUT2D eigenvalue weighted by atomic mass is 32.2. The van der Waals surface area contributed by atoms with Crippen LogP contribution in [0.5, 0.6) is 0 Å². The summed E-state index contributed by atoms with van der Waals surface area (Å²) >= 11 is 1.23. The molecule has 2 amide bonds. The van der Waals surface area contributed by atoms with E-state index in [1.807, 2.05) is 13.8 Å². The molecule has 2 aromatic heterocycles. The first-order valence-electron chi connectivity index (χ1n) is 10.5. The number of benzene rings is 1. The summed E-state index contributed by atoms with van der Waals surface area (Å²) in [5, 5.41) is 6.53. The lowest BCUT2D eigenvalue weighted by Crippen LogP contribution is -2.32. The Kier molecular flexibility index (Phi) is 10.0. The predicted octanol–water partition coefficient (Wildman–Crippen LogP) is 2.36. The van der Waals surface area contributed by atoms with Crippen LogP contribution in [0.3, 0.4) is 0 Å². The Labute approximate surface area is 211 Å². The van der Waals surface area contributed by atoms with Crippen molar-refractivity contribution in [3.63, 3.8) is 0 Å². The minimum atomic E-state index is -4.32. The second kappa shape index (κ2) is 12.3. The number of rotatable bonds is 9. The van der Waals surface area contributed by atoms with E-state index in [4.69, 9.17) is 9.11 Å². The predicted molar refractivity (Wildman–Crippen MR) is 134 cm³/mol. The summed E-state index contributed by atoms with van der Waals surface area (Å²) in [5.74, 6) is -3.63.